The first kappa shape index (κ1) is 20.9. The highest BCUT2D eigenvalue weighted by Crippen LogP contribution is 2.20. The maximum absolute atomic E-state index is 12.3. The Hall–Kier alpha value is -3.81. The lowest BCUT2D eigenvalue weighted by atomic mass is 10.1. The molecule has 0 bridgehead atoms. The molecule has 30 heavy (non-hydrogen) atoms. The number of aryl methyl sites for hydroxylation is 2. The molecule has 3 N–H and O–H groups in total. The minimum Gasteiger partial charge on any atom is -0.489 e. The summed E-state index contributed by atoms with van der Waals surface area (Å²) in [5.74, 6) is 1.14. The summed E-state index contributed by atoms with van der Waals surface area (Å²) < 4.78 is 16.1. The zero-order chi connectivity index (χ0) is 21.5. The molecule has 2 amide bonds. The van der Waals surface area contributed by atoms with Gasteiger partial charge in [-0.1, -0.05) is 23.4 Å². The highest BCUT2D eigenvalue weighted by molar-refractivity contribution is 5.92. The summed E-state index contributed by atoms with van der Waals surface area (Å²) in [5, 5.41) is 6.71. The van der Waals surface area contributed by atoms with Crippen LogP contribution in [0, 0.1) is 13.8 Å². The molecule has 0 spiro atoms. The highest BCUT2D eigenvalue weighted by Gasteiger charge is 2.10. The Morgan fingerprint density at radius 1 is 1.07 bits per heavy atom. The second-order valence-corrected chi connectivity index (χ2v) is 6.74. The smallest absolute Gasteiger partial charge is 0.255 e. The van der Waals surface area contributed by atoms with Crippen molar-refractivity contribution in [2.75, 3.05) is 11.9 Å². The molecule has 156 valence electrons. The number of carbonyl (C=O) groups is 2. The van der Waals surface area contributed by atoms with Crippen molar-refractivity contribution in [1.82, 2.24) is 5.16 Å². The van der Waals surface area contributed by atoms with Gasteiger partial charge in [0.1, 0.15) is 23.9 Å². The van der Waals surface area contributed by atoms with Gasteiger partial charge < -0.3 is 25.0 Å². The van der Waals surface area contributed by atoms with Gasteiger partial charge in [-0.05, 0) is 43.7 Å². The molecular formula is C22H23N3O5. The molecule has 0 aliphatic heterocycles. The van der Waals surface area contributed by atoms with Crippen molar-refractivity contribution in [3.05, 3.63) is 71.1 Å². The SMILES string of the molecule is Cc1noc(C)c1COc1ccc(CC(=O)Nc2cccc(OCC(N)=O)c2)cc1. The number of amides is 2. The molecule has 8 nitrogen and oxygen atoms in total. The zero-order valence-electron chi connectivity index (χ0n) is 16.8. The maximum Gasteiger partial charge on any atom is 0.255 e. The van der Waals surface area contributed by atoms with Crippen molar-refractivity contribution in [2.45, 2.75) is 26.9 Å². The molecule has 0 aliphatic carbocycles. The summed E-state index contributed by atoms with van der Waals surface area (Å²) >= 11 is 0. The first-order chi connectivity index (χ1) is 14.4. The number of carbonyl (C=O) groups excluding carboxylic acids is 2. The van der Waals surface area contributed by atoms with Crippen LogP contribution in [0.25, 0.3) is 0 Å². The number of hydrogen-bond donors (Lipinski definition) is 2. The van der Waals surface area contributed by atoms with Crippen molar-refractivity contribution in [2.24, 2.45) is 5.73 Å². The normalized spacial score (nSPS) is 10.5. The van der Waals surface area contributed by atoms with E-state index in [1.54, 1.807) is 24.3 Å². The predicted molar refractivity (Wildman–Crippen MR) is 110 cm³/mol. The summed E-state index contributed by atoms with van der Waals surface area (Å²) in [6, 6.07) is 14.1. The quantitative estimate of drug-likeness (QED) is 0.561. The number of nitrogens with one attached hydrogen (secondary N) is 1. The van der Waals surface area contributed by atoms with Crippen LogP contribution in [0.15, 0.2) is 53.1 Å². The van der Waals surface area contributed by atoms with Gasteiger partial charge in [-0.3, -0.25) is 9.59 Å². The molecule has 2 aromatic carbocycles. The molecule has 0 aliphatic rings. The zero-order valence-corrected chi connectivity index (χ0v) is 16.8. The number of anilines is 1. The maximum atomic E-state index is 12.3. The average molecular weight is 409 g/mol. The van der Waals surface area contributed by atoms with Gasteiger partial charge in [0.05, 0.1) is 17.7 Å². The molecule has 1 aromatic heterocycles. The van der Waals surface area contributed by atoms with Crippen LogP contribution in [0.2, 0.25) is 0 Å². The molecule has 0 saturated carbocycles. The van der Waals surface area contributed by atoms with E-state index in [9.17, 15) is 9.59 Å². The molecule has 0 unspecified atom stereocenters. The van der Waals surface area contributed by atoms with Crippen molar-refractivity contribution in [1.29, 1.82) is 0 Å². The third kappa shape index (κ3) is 5.84. The monoisotopic (exact) mass is 409 g/mol. The topological polar surface area (TPSA) is 117 Å². The van der Waals surface area contributed by atoms with Crippen molar-refractivity contribution >= 4 is 17.5 Å². The Morgan fingerprint density at radius 3 is 2.50 bits per heavy atom. The molecule has 3 aromatic rings. The lowest BCUT2D eigenvalue weighted by Gasteiger charge is -2.09. The van der Waals surface area contributed by atoms with Crippen LogP contribution in [0.5, 0.6) is 11.5 Å². The third-order valence-electron chi connectivity index (χ3n) is 4.35. The second-order valence-electron chi connectivity index (χ2n) is 6.74. The Bertz CT molecular complexity index is 1010. The number of nitrogens with two attached hydrogens (primary N) is 1. The standard InChI is InChI=1S/C22H23N3O5/c1-14-20(15(2)30-25-14)12-28-18-8-6-16(7-9-18)10-22(27)24-17-4-3-5-19(11-17)29-13-21(23)26/h3-9,11H,10,12-13H2,1-2H3,(H2,23,26)(H,24,27). The summed E-state index contributed by atoms with van der Waals surface area (Å²) in [5.41, 5.74) is 8.22. The minimum absolute atomic E-state index is 0.175. The van der Waals surface area contributed by atoms with Crippen LogP contribution in [-0.2, 0) is 22.6 Å². The second kappa shape index (κ2) is 9.60. The van der Waals surface area contributed by atoms with Gasteiger partial charge in [-0.25, -0.2) is 0 Å². The number of nitrogens with zero attached hydrogens (tertiary/aromatic N) is 1. The number of primary amides is 1. The number of benzene rings is 2. The summed E-state index contributed by atoms with van der Waals surface area (Å²) in [7, 11) is 0. The average Bonchev–Trinajstić information content (AvgIpc) is 3.03. The van der Waals surface area contributed by atoms with Crippen LogP contribution < -0.4 is 20.5 Å². The van der Waals surface area contributed by atoms with Gasteiger partial charge in [0.2, 0.25) is 5.91 Å². The molecule has 0 atom stereocenters. The van der Waals surface area contributed by atoms with Crippen molar-refractivity contribution < 1.29 is 23.6 Å². The van der Waals surface area contributed by atoms with Gasteiger partial charge >= 0.3 is 0 Å². The van der Waals surface area contributed by atoms with E-state index in [0.717, 1.165) is 22.6 Å². The van der Waals surface area contributed by atoms with E-state index < -0.39 is 5.91 Å². The van der Waals surface area contributed by atoms with E-state index in [4.69, 9.17) is 19.7 Å². The van der Waals surface area contributed by atoms with Gasteiger partial charge in [-0.15, -0.1) is 0 Å². The largest absolute Gasteiger partial charge is 0.489 e. The van der Waals surface area contributed by atoms with Crippen LogP contribution in [-0.4, -0.2) is 23.6 Å². The first-order valence-electron chi connectivity index (χ1n) is 9.35. The lowest BCUT2D eigenvalue weighted by Crippen LogP contribution is -2.20. The van der Waals surface area contributed by atoms with Gasteiger partial charge in [0.15, 0.2) is 6.61 Å². The fourth-order valence-electron chi connectivity index (χ4n) is 2.78. The van der Waals surface area contributed by atoms with E-state index in [0.29, 0.717) is 23.8 Å². The molecule has 1 heterocycles. The summed E-state index contributed by atoms with van der Waals surface area (Å²) in [6.45, 7) is 3.87. The minimum atomic E-state index is -0.566. The van der Waals surface area contributed by atoms with Crippen LogP contribution in [0.4, 0.5) is 5.69 Å². The highest BCUT2D eigenvalue weighted by atomic mass is 16.5. The van der Waals surface area contributed by atoms with E-state index in [-0.39, 0.29) is 18.9 Å². The van der Waals surface area contributed by atoms with Crippen LogP contribution >= 0.6 is 0 Å². The Kier molecular flexibility index (Phi) is 6.69. The molecule has 3 rings (SSSR count). The number of aromatic nitrogens is 1. The molecule has 8 heteroatoms. The van der Waals surface area contributed by atoms with Gasteiger partial charge in [0, 0.05) is 11.8 Å². The fraction of sp³-hybridized carbons (Fsp3) is 0.227. The van der Waals surface area contributed by atoms with E-state index >= 15 is 0 Å². The summed E-state index contributed by atoms with van der Waals surface area (Å²) in [6.07, 6.45) is 0.205. The fourth-order valence-corrected chi connectivity index (χ4v) is 2.78. The number of ether oxygens (including phenoxy) is 2. The Morgan fingerprint density at radius 2 is 1.83 bits per heavy atom. The predicted octanol–water partition coefficient (Wildman–Crippen LogP) is 2.92. The van der Waals surface area contributed by atoms with Crippen LogP contribution in [0.1, 0.15) is 22.6 Å². The van der Waals surface area contributed by atoms with Gasteiger partial charge in [-0.2, -0.15) is 0 Å². The molecule has 0 fully saturated rings. The van der Waals surface area contributed by atoms with E-state index in [1.165, 1.54) is 0 Å². The third-order valence-corrected chi connectivity index (χ3v) is 4.35. The Labute approximate surface area is 174 Å². The van der Waals surface area contributed by atoms with E-state index in [1.807, 2.05) is 38.1 Å². The number of rotatable bonds is 9. The van der Waals surface area contributed by atoms with E-state index in [2.05, 4.69) is 10.5 Å². The van der Waals surface area contributed by atoms with Crippen LogP contribution in [0.3, 0.4) is 0 Å². The molecule has 0 radical (unpaired) electrons. The van der Waals surface area contributed by atoms with Gasteiger partial charge in [0.25, 0.3) is 5.91 Å². The molecular weight excluding hydrogens is 386 g/mol. The Balaban J connectivity index is 1.52. The first-order valence-corrected chi connectivity index (χ1v) is 9.35. The number of hydrogen-bond acceptors (Lipinski definition) is 6. The van der Waals surface area contributed by atoms with Crippen molar-refractivity contribution in [3.63, 3.8) is 0 Å². The lowest BCUT2D eigenvalue weighted by molar-refractivity contribution is -0.120. The van der Waals surface area contributed by atoms with Crippen molar-refractivity contribution in [3.8, 4) is 11.5 Å². The molecule has 0 saturated heterocycles. The summed E-state index contributed by atoms with van der Waals surface area (Å²) in [4.78, 5) is 23.1.